The van der Waals surface area contributed by atoms with Crippen LogP contribution in [0.15, 0.2) is 12.1 Å². The number of hydrogen-bond acceptors (Lipinski definition) is 2. The van der Waals surface area contributed by atoms with Gasteiger partial charge in [-0.1, -0.05) is 0 Å². The molecule has 0 fully saturated rings. The minimum atomic E-state index is -5.08. The molecule has 1 atom stereocenters. The van der Waals surface area contributed by atoms with Crippen molar-refractivity contribution in [2.75, 3.05) is 12.4 Å². The van der Waals surface area contributed by atoms with Crippen LogP contribution in [-0.4, -0.2) is 18.0 Å². The maximum absolute atomic E-state index is 12.7. The lowest BCUT2D eigenvalue weighted by Gasteiger charge is -2.31. The Kier molecular flexibility index (Phi) is 3.38. The molecule has 1 aromatic rings. The average molecular weight is 251 g/mol. The van der Waals surface area contributed by atoms with Gasteiger partial charge >= 0.3 is 6.18 Å². The molecule has 0 aromatic heterocycles. The van der Waals surface area contributed by atoms with E-state index in [-0.39, 0.29) is 16.8 Å². The Morgan fingerprint density at radius 3 is 1.88 bits per heavy atom. The minimum Gasteiger partial charge on any atom is -0.399 e. The van der Waals surface area contributed by atoms with Crippen LogP contribution in [0.2, 0.25) is 0 Å². The first-order valence-corrected chi connectivity index (χ1v) is 4.85. The third-order valence-electron chi connectivity index (χ3n) is 2.63. The van der Waals surface area contributed by atoms with E-state index in [1.807, 2.05) is 0 Å². The summed E-state index contributed by atoms with van der Waals surface area (Å²) in [4.78, 5) is 0. The highest BCUT2D eigenvalue weighted by Gasteiger charge is 2.56. The summed E-state index contributed by atoms with van der Waals surface area (Å²) in [6.07, 6.45) is -5.08. The monoisotopic (exact) mass is 251 g/mol. The third kappa shape index (κ3) is 2.22. The Morgan fingerprint density at radius 2 is 1.59 bits per heavy atom. The van der Waals surface area contributed by atoms with Crippen LogP contribution < -0.4 is 5.73 Å². The molecule has 17 heavy (non-hydrogen) atoms. The number of rotatable bonds is 2. The lowest BCUT2D eigenvalue weighted by Crippen LogP contribution is -2.45. The van der Waals surface area contributed by atoms with E-state index in [0.717, 1.165) is 0 Å². The Morgan fingerprint density at radius 1 is 1.18 bits per heavy atom. The first-order chi connectivity index (χ1) is 7.63. The molecule has 1 rings (SSSR count). The summed E-state index contributed by atoms with van der Waals surface area (Å²) in [6, 6.07) is 2.55. The van der Waals surface area contributed by atoms with Crippen LogP contribution in [0, 0.1) is 13.8 Å². The number of nitrogens with two attached hydrogens (primary N) is 1. The van der Waals surface area contributed by atoms with Crippen molar-refractivity contribution in [3.63, 3.8) is 0 Å². The first kappa shape index (κ1) is 13.8. The van der Waals surface area contributed by atoms with Gasteiger partial charge in [-0.05, 0) is 37.1 Å². The van der Waals surface area contributed by atoms with E-state index < -0.39 is 24.0 Å². The molecule has 0 heterocycles. The highest BCUT2D eigenvalue weighted by Crippen LogP contribution is 2.42. The van der Waals surface area contributed by atoms with Gasteiger partial charge in [0, 0.05) is 11.3 Å². The van der Waals surface area contributed by atoms with E-state index in [9.17, 15) is 22.7 Å². The molecule has 96 valence electrons. The Hall–Kier alpha value is -1.30. The van der Waals surface area contributed by atoms with Crippen LogP contribution in [0.4, 0.5) is 23.2 Å². The topological polar surface area (TPSA) is 46.2 Å². The molecule has 0 aliphatic heterocycles. The quantitative estimate of drug-likeness (QED) is 0.627. The number of nitrogen functional groups attached to an aromatic ring is 1. The fraction of sp³-hybridized carbons (Fsp3) is 0.455. The molecule has 0 spiro atoms. The second kappa shape index (κ2) is 4.18. The van der Waals surface area contributed by atoms with Crippen LogP contribution in [0.25, 0.3) is 0 Å². The summed E-state index contributed by atoms with van der Waals surface area (Å²) in [5, 5.41) is 9.54. The molecule has 0 saturated heterocycles. The van der Waals surface area contributed by atoms with Gasteiger partial charge in [0.1, 0.15) is 6.67 Å². The largest absolute Gasteiger partial charge is 0.424 e. The smallest absolute Gasteiger partial charge is 0.399 e. The van der Waals surface area contributed by atoms with Crippen molar-refractivity contribution in [3.05, 3.63) is 28.8 Å². The second-order valence-corrected chi connectivity index (χ2v) is 4.02. The predicted octanol–water partition coefficient (Wildman–Crippen LogP) is 2.61. The summed E-state index contributed by atoms with van der Waals surface area (Å²) >= 11 is 0. The molecule has 0 bridgehead atoms. The molecule has 3 N–H and O–H groups in total. The predicted molar refractivity (Wildman–Crippen MR) is 56.3 cm³/mol. The Labute approximate surface area is 96.1 Å². The van der Waals surface area contributed by atoms with E-state index in [1.165, 1.54) is 26.0 Å². The van der Waals surface area contributed by atoms with E-state index in [2.05, 4.69) is 0 Å². The van der Waals surface area contributed by atoms with Gasteiger partial charge in [-0.3, -0.25) is 0 Å². The number of hydrogen-bond donors (Lipinski definition) is 2. The molecule has 0 aliphatic carbocycles. The zero-order valence-electron chi connectivity index (χ0n) is 9.40. The van der Waals surface area contributed by atoms with Gasteiger partial charge in [-0.2, -0.15) is 13.2 Å². The van der Waals surface area contributed by atoms with Crippen molar-refractivity contribution in [3.8, 4) is 0 Å². The van der Waals surface area contributed by atoms with Gasteiger partial charge in [0.15, 0.2) is 0 Å². The van der Waals surface area contributed by atoms with Gasteiger partial charge in [0.05, 0.1) is 0 Å². The van der Waals surface area contributed by atoms with Crippen LogP contribution in [0.1, 0.15) is 16.7 Å². The number of halogens is 4. The zero-order chi connectivity index (χ0) is 13.4. The first-order valence-electron chi connectivity index (χ1n) is 4.85. The molecule has 0 radical (unpaired) electrons. The van der Waals surface area contributed by atoms with Crippen molar-refractivity contribution in [2.24, 2.45) is 0 Å². The third-order valence-corrected chi connectivity index (χ3v) is 2.63. The van der Waals surface area contributed by atoms with Gasteiger partial charge in [0.25, 0.3) is 0 Å². The molecule has 0 aliphatic rings. The Bertz CT molecular complexity index is 407. The summed E-state index contributed by atoms with van der Waals surface area (Å²) in [5.74, 6) is 0. The Balaban J connectivity index is 3.51. The standard InChI is InChI=1S/C11H13F4NO/c1-6-3-8(16)4-7(2)9(6)10(17,5-12)11(13,14)15/h3-4,17H,5,16H2,1-2H3. The van der Waals surface area contributed by atoms with E-state index in [1.54, 1.807) is 0 Å². The van der Waals surface area contributed by atoms with Gasteiger partial charge < -0.3 is 10.8 Å². The minimum absolute atomic E-state index is 0.111. The molecular formula is C11H13F4NO. The second-order valence-electron chi connectivity index (χ2n) is 4.02. The van der Waals surface area contributed by atoms with Crippen molar-refractivity contribution in [1.29, 1.82) is 0 Å². The number of anilines is 1. The summed E-state index contributed by atoms with van der Waals surface area (Å²) in [5.41, 5.74) is 2.01. The van der Waals surface area contributed by atoms with Gasteiger partial charge in [-0.15, -0.1) is 0 Å². The highest BCUT2D eigenvalue weighted by molar-refractivity contribution is 5.51. The van der Waals surface area contributed by atoms with Gasteiger partial charge in [-0.25, -0.2) is 4.39 Å². The van der Waals surface area contributed by atoms with E-state index in [4.69, 9.17) is 5.73 Å². The molecule has 1 aromatic carbocycles. The fourth-order valence-electron chi connectivity index (χ4n) is 1.93. The van der Waals surface area contributed by atoms with Crippen molar-refractivity contribution in [1.82, 2.24) is 0 Å². The normalized spacial score (nSPS) is 15.7. The maximum Gasteiger partial charge on any atom is 0.424 e. The number of benzene rings is 1. The fourth-order valence-corrected chi connectivity index (χ4v) is 1.93. The molecule has 0 saturated carbocycles. The average Bonchev–Trinajstić information content (AvgIpc) is 2.13. The van der Waals surface area contributed by atoms with Crippen molar-refractivity contribution < 1.29 is 22.7 Å². The molecule has 0 amide bonds. The van der Waals surface area contributed by atoms with Crippen molar-refractivity contribution in [2.45, 2.75) is 25.6 Å². The number of aryl methyl sites for hydroxylation is 2. The van der Waals surface area contributed by atoms with Crippen LogP contribution >= 0.6 is 0 Å². The summed E-state index contributed by atoms with van der Waals surface area (Å²) in [7, 11) is 0. The molecular weight excluding hydrogens is 238 g/mol. The SMILES string of the molecule is Cc1cc(N)cc(C)c1C(O)(CF)C(F)(F)F. The van der Waals surface area contributed by atoms with Gasteiger partial charge in [0.2, 0.25) is 5.60 Å². The van der Waals surface area contributed by atoms with Crippen LogP contribution in [0.5, 0.6) is 0 Å². The van der Waals surface area contributed by atoms with Crippen molar-refractivity contribution >= 4 is 5.69 Å². The summed E-state index contributed by atoms with van der Waals surface area (Å²) < 4.78 is 50.9. The van der Waals surface area contributed by atoms with Crippen LogP contribution in [-0.2, 0) is 5.60 Å². The zero-order valence-corrected chi connectivity index (χ0v) is 9.40. The number of alkyl halides is 4. The lowest BCUT2D eigenvalue weighted by molar-refractivity contribution is -0.271. The summed E-state index contributed by atoms with van der Waals surface area (Å²) in [6.45, 7) is 0.776. The highest BCUT2D eigenvalue weighted by atomic mass is 19.4. The molecule has 6 heteroatoms. The number of aliphatic hydroxyl groups is 1. The van der Waals surface area contributed by atoms with E-state index >= 15 is 0 Å². The lowest BCUT2D eigenvalue weighted by atomic mass is 9.86. The maximum atomic E-state index is 12.7. The van der Waals surface area contributed by atoms with Crippen LogP contribution in [0.3, 0.4) is 0 Å². The molecule has 2 nitrogen and oxygen atoms in total. The van der Waals surface area contributed by atoms with E-state index in [0.29, 0.717) is 0 Å². The molecule has 1 unspecified atom stereocenters.